The maximum absolute atomic E-state index is 13.2. The standard InChI is InChI=1S/C31H41ClN2O3SSi/c1-20(2)39(21(3)4,22(5)6)37-14-7-8-24-16-26-29-28(17-24)36-15-13-34(29)19-27(30(26)38)31(35)33-18-23-9-11-25(32)12-10-23/h9-12,16-17,19-22H,7-8,13-15,18H2,1-6H3,(H,33,35). The lowest BCUT2D eigenvalue weighted by atomic mass is 10.0. The number of benzene rings is 2. The minimum atomic E-state index is -1.89. The summed E-state index contributed by atoms with van der Waals surface area (Å²) >= 11 is 11.9. The molecule has 8 heteroatoms. The number of nitrogens with zero attached hydrogens (tertiary/aromatic N) is 1. The van der Waals surface area contributed by atoms with Gasteiger partial charge in [0.05, 0.1) is 22.1 Å². The molecular formula is C31H41ClN2O3SSi. The molecule has 1 aromatic heterocycles. The van der Waals surface area contributed by atoms with E-state index in [9.17, 15) is 4.79 Å². The van der Waals surface area contributed by atoms with Crippen LogP contribution in [-0.2, 0) is 23.9 Å². The lowest BCUT2D eigenvalue weighted by molar-refractivity contribution is 0.0949. The molecule has 4 rings (SSSR count). The highest BCUT2D eigenvalue weighted by molar-refractivity contribution is 7.71. The van der Waals surface area contributed by atoms with Gasteiger partial charge in [-0.15, -0.1) is 0 Å². The third-order valence-electron chi connectivity index (χ3n) is 8.07. The zero-order valence-electron chi connectivity index (χ0n) is 24.0. The number of aryl methyl sites for hydroxylation is 1. The van der Waals surface area contributed by atoms with Crippen molar-refractivity contribution < 1.29 is 14.0 Å². The second-order valence-corrected chi connectivity index (χ2v) is 17.8. The van der Waals surface area contributed by atoms with Crippen molar-refractivity contribution in [3.05, 3.63) is 68.8 Å². The summed E-state index contributed by atoms with van der Waals surface area (Å²) < 4.78 is 15.5. The van der Waals surface area contributed by atoms with E-state index in [-0.39, 0.29) is 5.91 Å². The minimum Gasteiger partial charge on any atom is -0.490 e. The maximum atomic E-state index is 13.2. The molecule has 0 spiro atoms. The van der Waals surface area contributed by atoms with Crippen LogP contribution in [0.3, 0.4) is 0 Å². The summed E-state index contributed by atoms with van der Waals surface area (Å²) in [5, 5.41) is 4.58. The summed E-state index contributed by atoms with van der Waals surface area (Å²) in [5.74, 6) is 0.661. The fourth-order valence-electron chi connectivity index (χ4n) is 6.31. The van der Waals surface area contributed by atoms with Gasteiger partial charge < -0.3 is 19.0 Å². The van der Waals surface area contributed by atoms with Gasteiger partial charge in [-0.3, -0.25) is 4.79 Å². The first-order valence-electron chi connectivity index (χ1n) is 14.0. The Hall–Kier alpha value is -2.19. The third kappa shape index (κ3) is 6.27. The van der Waals surface area contributed by atoms with Crippen LogP contribution >= 0.6 is 23.8 Å². The molecule has 2 heterocycles. The Balaban J connectivity index is 1.54. The van der Waals surface area contributed by atoms with Crippen LogP contribution in [0.5, 0.6) is 5.75 Å². The van der Waals surface area contributed by atoms with E-state index in [2.05, 4.69) is 63.6 Å². The van der Waals surface area contributed by atoms with Crippen LogP contribution in [0.25, 0.3) is 10.9 Å². The summed E-state index contributed by atoms with van der Waals surface area (Å²) in [6.07, 6.45) is 3.67. The maximum Gasteiger partial charge on any atom is 0.254 e. The molecule has 0 saturated carbocycles. The number of pyridine rings is 1. The van der Waals surface area contributed by atoms with Gasteiger partial charge in [-0.05, 0) is 64.9 Å². The van der Waals surface area contributed by atoms with Gasteiger partial charge in [0, 0.05) is 29.8 Å². The molecule has 0 unspecified atom stereocenters. The summed E-state index contributed by atoms with van der Waals surface area (Å²) in [7, 11) is -1.89. The highest BCUT2D eigenvalue weighted by Crippen LogP contribution is 2.42. The van der Waals surface area contributed by atoms with Gasteiger partial charge in [0.2, 0.25) is 0 Å². The molecule has 3 aromatic rings. The molecule has 1 aliphatic rings. The number of nitrogens with one attached hydrogen (secondary N) is 1. The summed E-state index contributed by atoms with van der Waals surface area (Å²) in [6, 6.07) is 11.7. The number of hydrogen-bond acceptors (Lipinski definition) is 4. The predicted octanol–water partition coefficient (Wildman–Crippen LogP) is 8.47. The number of rotatable bonds is 11. The molecule has 1 N–H and O–H groups in total. The average molecular weight is 585 g/mol. The Morgan fingerprint density at radius 1 is 1.08 bits per heavy atom. The topological polar surface area (TPSA) is 52.5 Å². The van der Waals surface area contributed by atoms with Gasteiger partial charge in [0.15, 0.2) is 8.32 Å². The first-order valence-corrected chi connectivity index (χ1v) is 17.0. The SMILES string of the molecule is CC(C)[Si](OCCCc1cc2c3c(c1)c(=S)c(C(=O)NCc1ccc(Cl)cc1)cn3CCO2)(C(C)C)C(C)C. The lowest BCUT2D eigenvalue weighted by Crippen LogP contribution is -2.48. The van der Waals surface area contributed by atoms with Crippen molar-refractivity contribution in [1.82, 2.24) is 9.88 Å². The Morgan fingerprint density at radius 3 is 2.38 bits per heavy atom. The van der Waals surface area contributed by atoms with Crippen molar-refractivity contribution in [1.29, 1.82) is 0 Å². The molecule has 5 nitrogen and oxygen atoms in total. The van der Waals surface area contributed by atoms with Crippen molar-refractivity contribution in [2.75, 3.05) is 13.2 Å². The van der Waals surface area contributed by atoms with E-state index >= 15 is 0 Å². The van der Waals surface area contributed by atoms with Crippen LogP contribution in [-0.4, -0.2) is 32.0 Å². The zero-order chi connectivity index (χ0) is 28.3. The fraction of sp³-hybridized carbons (Fsp3) is 0.484. The van der Waals surface area contributed by atoms with Crippen molar-refractivity contribution in [2.45, 2.75) is 84.1 Å². The molecule has 0 bridgehead atoms. The van der Waals surface area contributed by atoms with E-state index in [4.69, 9.17) is 33.0 Å². The van der Waals surface area contributed by atoms with E-state index < -0.39 is 8.32 Å². The molecule has 2 aromatic carbocycles. The van der Waals surface area contributed by atoms with Crippen LogP contribution in [0, 0.1) is 4.51 Å². The Morgan fingerprint density at radius 2 is 1.74 bits per heavy atom. The smallest absolute Gasteiger partial charge is 0.254 e. The second-order valence-electron chi connectivity index (χ2n) is 11.5. The van der Waals surface area contributed by atoms with Crippen molar-refractivity contribution in [3.63, 3.8) is 0 Å². The number of carbonyl (C=O) groups excluding carboxylic acids is 1. The Bertz CT molecular complexity index is 1360. The van der Waals surface area contributed by atoms with Crippen LogP contribution in [0.1, 0.15) is 69.4 Å². The summed E-state index contributed by atoms with van der Waals surface area (Å²) in [5.41, 5.74) is 5.32. The monoisotopic (exact) mass is 584 g/mol. The number of aromatic nitrogens is 1. The first-order chi connectivity index (χ1) is 18.5. The lowest BCUT2D eigenvalue weighted by Gasteiger charge is -2.42. The van der Waals surface area contributed by atoms with E-state index in [1.165, 1.54) is 0 Å². The van der Waals surface area contributed by atoms with Crippen molar-refractivity contribution in [2.24, 2.45) is 0 Å². The number of hydrogen-bond donors (Lipinski definition) is 1. The predicted molar refractivity (Wildman–Crippen MR) is 166 cm³/mol. The average Bonchev–Trinajstić information content (AvgIpc) is 2.89. The number of carbonyl (C=O) groups is 1. The van der Waals surface area contributed by atoms with Crippen molar-refractivity contribution >= 4 is 48.9 Å². The van der Waals surface area contributed by atoms with Gasteiger partial charge in [-0.2, -0.15) is 0 Å². The molecule has 39 heavy (non-hydrogen) atoms. The van der Waals surface area contributed by atoms with Gasteiger partial charge in [0.1, 0.15) is 12.4 Å². The van der Waals surface area contributed by atoms with Crippen LogP contribution in [0.4, 0.5) is 0 Å². The number of halogens is 1. The highest BCUT2D eigenvalue weighted by Gasteiger charge is 2.44. The second kappa shape index (κ2) is 12.5. The Kier molecular flexibility index (Phi) is 9.58. The summed E-state index contributed by atoms with van der Waals surface area (Å²) in [4.78, 5) is 13.2. The van der Waals surface area contributed by atoms with E-state index in [1.807, 2.05) is 30.5 Å². The number of ether oxygens (including phenoxy) is 1. The third-order valence-corrected chi connectivity index (χ3v) is 14.9. The molecule has 0 fully saturated rings. The minimum absolute atomic E-state index is 0.176. The van der Waals surface area contributed by atoms with Gasteiger partial charge in [0.25, 0.3) is 5.91 Å². The van der Waals surface area contributed by atoms with Crippen LogP contribution < -0.4 is 10.1 Å². The molecule has 0 saturated heterocycles. The largest absolute Gasteiger partial charge is 0.490 e. The molecule has 0 aliphatic carbocycles. The molecular weight excluding hydrogens is 544 g/mol. The molecule has 1 amide bonds. The Labute approximate surface area is 244 Å². The van der Waals surface area contributed by atoms with Crippen LogP contribution in [0.2, 0.25) is 21.6 Å². The summed E-state index contributed by atoms with van der Waals surface area (Å²) in [6.45, 7) is 16.3. The van der Waals surface area contributed by atoms with Gasteiger partial charge in [-0.1, -0.05) is 77.5 Å². The first kappa shape index (κ1) is 29.8. The van der Waals surface area contributed by atoms with E-state index in [1.54, 1.807) is 0 Å². The number of amides is 1. The fourth-order valence-corrected chi connectivity index (χ4v) is 12.2. The molecule has 1 aliphatic heterocycles. The van der Waals surface area contributed by atoms with E-state index in [0.29, 0.717) is 51.4 Å². The molecule has 0 radical (unpaired) electrons. The van der Waals surface area contributed by atoms with Crippen LogP contribution in [0.15, 0.2) is 42.6 Å². The van der Waals surface area contributed by atoms with Gasteiger partial charge >= 0.3 is 0 Å². The normalized spacial score (nSPS) is 13.4. The molecule has 210 valence electrons. The highest BCUT2D eigenvalue weighted by atomic mass is 35.5. The van der Waals surface area contributed by atoms with Gasteiger partial charge in [-0.25, -0.2) is 0 Å². The van der Waals surface area contributed by atoms with E-state index in [0.717, 1.165) is 47.2 Å². The molecule has 0 atom stereocenters. The van der Waals surface area contributed by atoms with Crippen molar-refractivity contribution in [3.8, 4) is 5.75 Å². The quantitative estimate of drug-likeness (QED) is 0.139. The zero-order valence-corrected chi connectivity index (χ0v) is 26.5.